The average Bonchev–Trinajstić information content (AvgIpc) is 3.72. The fourth-order valence-corrected chi connectivity index (χ4v) is 9.28. The van der Waals surface area contributed by atoms with Crippen LogP contribution in [0.15, 0.2) is 72.8 Å². The zero-order valence-corrected chi connectivity index (χ0v) is 32.7. The van der Waals surface area contributed by atoms with Crippen LogP contribution in [0.1, 0.15) is 85.5 Å². The molecule has 5 aromatic carbocycles. The van der Waals surface area contributed by atoms with E-state index in [1.807, 2.05) is 31.2 Å². The number of aliphatic hydroxyl groups excluding tert-OH is 2. The molecule has 5 N–H and O–H groups in total. The van der Waals surface area contributed by atoms with E-state index >= 15 is 0 Å². The lowest BCUT2D eigenvalue weighted by molar-refractivity contribution is -0.0884. The fourth-order valence-electron chi connectivity index (χ4n) is 9.28. The van der Waals surface area contributed by atoms with Gasteiger partial charge in [0.15, 0.2) is 0 Å². The molecule has 1 fully saturated rings. The smallest absolute Gasteiger partial charge is 0.133 e. The molecule has 0 unspecified atom stereocenters. The van der Waals surface area contributed by atoms with Crippen LogP contribution in [0.5, 0.6) is 40.2 Å². The van der Waals surface area contributed by atoms with Crippen LogP contribution in [0.25, 0.3) is 21.9 Å². The molecule has 1 saturated carbocycles. The molecule has 0 aromatic heterocycles. The van der Waals surface area contributed by atoms with Gasteiger partial charge in [0.1, 0.15) is 46.4 Å². The Morgan fingerprint density at radius 1 is 0.772 bits per heavy atom. The largest absolute Gasteiger partial charge is 0.508 e. The van der Waals surface area contributed by atoms with Gasteiger partial charge >= 0.3 is 0 Å². The molecule has 10 nitrogen and oxygen atoms in total. The third-order valence-electron chi connectivity index (χ3n) is 12.1. The van der Waals surface area contributed by atoms with Gasteiger partial charge < -0.3 is 49.2 Å². The number of benzene rings is 5. The Morgan fingerprint density at radius 2 is 1.56 bits per heavy atom. The number of phenols is 3. The molecule has 5 atom stereocenters. The van der Waals surface area contributed by atoms with Crippen LogP contribution in [0, 0.1) is 11.8 Å². The zero-order valence-electron chi connectivity index (χ0n) is 32.7. The predicted molar refractivity (Wildman–Crippen MR) is 217 cm³/mol. The standard InChI is InChI=1S/C47H52O10/c1-4-26-20-35(27-9-7-10-30(48)18-27)28(21-40(26)50)17-29-19-33(56-32-11-5-6-12-32)23-37-44(51)39(25-55-46(29)37)43-41(13-8-16-53-2)57-47-34-15-14-31(49)22-36(34)42(54-3)24-38(47)45(43)52/h7,9-10,14-15,18-24,32,39,41,43-45,48-52H,4-6,8,11-13,16-17,25H2,1-3H3/t39-,41+,43+,44-,45+/m1/s1. The summed E-state index contributed by atoms with van der Waals surface area (Å²) in [6.45, 7) is 2.61. The maximum absolute atomic E-state index is 12.5. The maximum Gasteiger partial charge on any atom is 0.133 e. The third-order valence-corrected chi connectivity index (χ3v) is 12.1. The van der Waals surface area contributed by atoms with Crippen molar-refractivity contribution in [2.75, 3.05) is 27.4 Å². The van der Waals surface area contributed by atoms with E-state index in [9.17, 15) is 25.5 Å². The quantitative estimate of drug-likeness (QED) is 0.0780. The number of aromatic hydroxyl groups is 3. The van der Waals surface area contributed by atoms with Crippen molar-refractivity contribution in [2.45, 2.75) is 82.7 Å². The third kappa shape index (κ3) is 7.54. The number of phenolic OH excluding ortho intramolecular Hbond substituents is 3. The van der Waals surface area contributed by atoms with Gasteiger partial charge in [-0.2, -0.15) is 0 Å². The number of aliphatic hydroxyl groups is 2. The van der Waals surface area contributed by atoms with Crippen molar-refractivity contribution in [3.05, 3.63) is 101 Å². The Balaban J connectivity index is 1.21. The maximum atomic E-state index is 12.5. The summed E-state index contributed by atoms with van der Waals surface area (Å²) in [6.07, 6.45) is 3.79. The molecule has 2 aliphatic heterocycles. The summed E-state index contributed by atoms with van der Waals surface area (Å²) >= 11 is 0. The molecule has 10 heteroatoms. The average molecular weight is 777 g/mol. The van der Waals surface area contributed by atoms with Crippen LogP contribution in [0.4, 0.5) is 0 Å². The second kappa shape index (κ2) is 16.4. The highest BCUT2D eigenvalue weighted by Gasteiger charge is 2.48. The number of rotatable bonds is 12. The van der Waals surface area contributed by atoms with Gasteiger partial charge in [-0.05, 0) is 128 Å². The lowest BCUT2D eigenvalue weighted by atomic mass is 9.72. The van der Waals surface area contributed by atoms with Gasteiger partial charge in [0.25, 0.3) is 0 Å². The van der Waals surface area contributed by atoms with Crippen LogP contribution in [-0.4, -0.2) is 65.2 Å². The molecule has 0 bridgehead atoms. The second-order valence-corrected chi connectivity index (χ2v) is 15.7. The van der Waals surface area contributed by atoms with Crippen molar-refractivity contribution < 1.29 is 49.2 Å². The summed E-state index contributed by atoms with van der Waals surface area (Å²) < 4.78 is 31.3. The van der Waals surface area contributed by atoms with Crippen LogP contribution in [-0.2, 0) is 17.6 Å². The van der Waals surface area contributed by atoms with E-state index in [2.05, 4.69) is 0 Å². The van der Waals surface area contributed by atoms with E-state index in [0.29, 0.717) is 77.2 Å². The molecule has 2 heterocycles. The predicted octanol–water partition coefficient (Wildman–Crippen LogP) is 8.69. The van der Waals surface area contributed by atoms with Crippen molar-refractivity contribution in [3.63, 3.8) is 0 Å². The summed E-state index contributed by atoms with van der Waals surface area (Å²) in [5.41, 5.74) is 5.24. The summed E-state index contributed by atoms with van der Waals surface area (Å²) in [6, 6.07) is 21.5. The van der Waals surface area contributed by atoms with Crippen LogP contribution in [0.2, 0.25) is 0 Å². The van der Waals surface area contributed by atoms with Gasteiger partial charge in [-0.1, -0.05) is 19.1 Å². The second-order valence-electron chi connectivity index (χ2n) is 15.7. The van der Waals surface area contributed by atoms with Gasteiger partial charge in [0.2, 0.25) is 0 Å². The molecule has 3 aliphatic rings. The highest BCUT2D eigenvalue weighted by Crippen LogP contribution is 2.53. The minimum atomic E-state index is -1.05. The Kier molecular flexibility index (Phi) is 11.1. The monoisotopic (exact) mass is 776 g/mol. The molecule has 8 rings (SSSR count). The summed E-state index contributed by atoms with van der Waals surface area (Å²) in [4.78, 5) is 0. The van der Waals surface area contributed by atoms with E-state index in [0.717, 1.165) is 53.5 Å². The van der Waals surface area contributed by atoms with Crippen molar-refractivity contribution in [2.24, 2.45) is 11.8 Å². The molecule has 300 valence electrons. The molecule has 0 spiro atoms. The van der Waals surface area contributed by atoms with Crippen molar-refractivity contribution >= 4 is 10.8 Å². The first-order valence-corrected chi connectivity index (χ1v) is 20.1. The molecular weight excluding hydrogens is 725 g/mol. The summed E-state index contributed by atoms with van der Waals surface area (Å²) in [7, 11) is 3.21. The lowest BCUT2D eigenvalue weighted by Gasteiger charge is -2.45. The fraction of sp³-hybridized carbons (Fsp3) is 0.404. The Bertz CT molecular complexity index is 2240. The number of fused-ring (bicyclic) bond motifs is 4. The Labute approximate surface area is 333 Å². The highest BCUT2D eigenvalue weighted by molar-refractivity contribution is 5.96. The highest BCUT2D eigenvalue weighted by atomic mass is 16.5. The van der Waals surface area contributed by atoms with E-state index in [-0.39, 0.29) is 30.0 Å². The number of aryl methyl sites for hydroxylation is 1. The number of hydrogen-bond acceptors (Lipinski definition) is 10. The zero-order chi connectivity index (χ0) is 39.8. The van der Waals surface area contributed by atoms with E-state index in [4.69, 9.17) is 23.7 Å². The summed E-state index contributed by atoms with van der Waals surface area (Å²) in [5, 5.41) is 58.1. The number of hydrogen-bond donors (Lipinski definition) is 5. The van der Waals surface area contributed by atoms with Crippen molar-refractivity contribution in [1.82, 2.24) is 0 Å². The lowest BCUT2D eigenvalue weighted by Crippen LogP contribution is -2.46. The number of methoxy groups -OCH3 is 2. The van der Waals surface area contributed by atoms with E-state index in [1.54, 1.807) is 62.8 Å². The normalized spacial score (nSPS) is 21.7. The molecular formula is C47H52O10. The van der Waals surface area contributed by atoms with Crippen molar-refractivity contribution in [3.8, 4) is 51.4 Å². The van der Waals surface area contributed by atoms with Gasteiger partial charge in [-0.25, -0.2) is 0 Å². The first kappa shape index (κ1) is 38.7. The number of ether oxygens (including phenoxy) is 5. The van der Waals surface area contributed by atoms with Crippen LogP contribution < -0.4 is 18.9 Å². The molecule has 0 saturated heterocycles. The van der Waals surface area contributed by atoms with E-state index in [1.165, 1.54) is 0 Å². The van der Waals surface area contributed by atoms with Gasteiger partial charge in [-0.3, -0.25) is 0 Å². The topological polar surface area (TPSA) is 147 Å². The first-order chi connectivity index (χ1) is 27.7. The Morgan fingerprint density at radius 3 is 2.32 bits per heavy atom. The minimum absolute atomic E-state index is 0.0611. The first-order valence-electron chi connectivity index (χ1n) is 20.1. The molecule has 5 aromatic rings. The van der Waals surface area contributed by atoms with Crippen LogP contribution >= 0.6 is 0 Å². The van der Waals surface area contributed by atoms with Crippen LogP contribution in [0.3, 0.4) is 0 Å². The molecule has 0 radical (unpaired) electrons. The van der Waals surface area contributed by atoms with E-state index < -0.39 is 30.1 Å². The van der Waals surface area contributed by atoms with Crippen molar-refractivity contribution in [1.29, 1.82) is 0 Å². The molecule has 57 heavy (non-hydrogen) atoms. The molecule has 0 amide bonds. The Hall–Kier alpha value is -5.16. The van der Waals surface area contributed by atoms with Gasteiger partial charge in [0.05, 0.1) is 32.0 Å². The SMILES string of the molecule is CCc1cc(-c2cccc(O)c2)c(Cc2cc(OC3CCCC3)cc3c2OC[C@H]([C@H]2[C@H](CCCOC)Oc4c(cc(OC)c5cc(O)ccc45)[C@@H]2O)[C@@H]3O)cc1O. The van der Waals surface area contributed by atoms with Gasteiger partial charge in [-0.15, -0.1) is 0 Å². The minimum Gasteiger partial charge on any atom is -0.508 e. The van der Waals surface area contributed by atoms with Gasteiger partial charge in [0, 0.05) is 59.4 Å². The molecule has 1 aliphatic carbocycles. The summed E-state index contributed by atoms with van der Waals surface area (Å²) in [5.74, 6) is 1.49.